The Kier molecular flexibility index (Phi) is 7.88. The van der Waals surface area contributed by atoms with Crippen LogP contribution in [0.4, 0.5) is 11.4 Å². The van der Waals surface area contributed by atoms with E-state index in [9.17, 15) is 4.79 Å². The van der Waals surface area contributed by atoms with E-state index in [1.807, 2.05) is 31.2 Å². The number of aliphatic imine (C=N–C) groups is 1. The number of benzene rings is 4. The average Bonchev–Trinajstić information content (AvgIpc) is 3.40. The third-order valence-corrected chi connectivity index (χ3v) is 9.58. The summed E-state index contributed by atoms with van der Waals surface area (Å²) < 4.78 is 11.1. The number of methoxy groups -OCH3 is 1. The van der Waals surface area contributed by atoms with E-state index in [1.165, 1.54) is 39.7 Å². The Morgan fingerprint density at radius 2 is 1.52 bits per heavy atom. The van der Waals surface area contributed by atoms with E-state index in [-0.39, 0.29) is 5.91 Å². The highest BCUT2D eigenvalue weighted by atomic mass is 32.2. The van der Waals surface area contributed by atoms with Gasteiger partial charge >= 0.3 is 0 Å². The van der Waals surface area contributed by atoms with Crippen molar-refractivity contribution in [2.24, 2.45) is 4.99 Å². The largest absolute Gasteiger partial charge is 0.493 e. The molecule has 0 unspecified atom stereocenters. The van der Waals surface area contributed by atoms with Gasteiger partial charge in [0.05, 0.1) is 24.3 Å². The summed E-state index contributed by atoms with van der Waals surface area (Å²) in [7, 11) is 1.62. The lowest BCUT2D eigenvalue weighted by molar-refractivity contribution is -0.115. The van der Waals surface area contributed by atoms with Crippen LogP contribution in [0.15, 0.2) is 101 Å². The van der Waals surface area contributed by atoms with Crippen LogP contribution in [0.1, 0.15) is 59.4 Å². The molecule has 0 saturated carbocycles. The lowest BCUT2D eigenvalue weighted by Crippen LogP contribution is -2.37. The average molecular weight is 602 g/mol. The maximum absolute atomic E-state index is 13.0. The first-order chi connectivity index (χ1) is 21.6. The lowest BCUT2D eigenvalue weighted by atomic mass is 9.76. The van der Waals surface area contributed by atoms with Crippen LogP contribution in [0.2, 0.25) is 0 Å². The van der Waals surface area contributed by atoms with Gasteiger partial charge in [-0.15, -0.1) is 0 Å². The SMILES string of the molecule is CCOc1ccc(/C=C2\SC(=Nc3cc4c5c(c3)[C@H](c3ccccc3)CCN5CC[C@H]4c3ccccc3)NC2=O)cc1OC. The molecule has 2 atom stereocenters. The molecule has 0 radical (unpaired) electrons. The quantitative estimate of drug-likeness (QED) is 0.219. The van der Waals surface area contributed by atoms with Crippen LogP contribution in [-0.2, 0) is 4.79 Å². The summed E-state index contributed by atoms with van der Waals surface area (Å²) in [5.41, 5.74) is 8.41. The summed E-state index contributed by atoms with van der Waals surface area (Å²) in [6, 6.07) is 31.8. The van der Waals surface area contributed by atoms with Crippen molar-refractivity contribution in [1.82, 2.24) is 5.32 Å². The van der Waals surface area contributed by atoms with Crippen molar-refractivity contribution in [2.45, 2.75) is 31.6 Å². The third kappa shape index (κ3) is 5.48. The molecule has 44 heavy (non-hydrogen) atoms. The Morgan fingerprint density at radius 3 is 2.11 bits per heavy atom. The third-order valence-electron chi connectivity index (χ3n) is 8.67. The zero-order chi connectivity index (χ0) is 30.0. The van der Waals surface area contributed by atoms with Crippen LogP contribution < -0.4 is 19.7 Å². The Balaban J connectivity index is 1.27. The fourth-order valence-corrected chi connectivity index (χ4v) is 7.54. The maximum atomic E-state index is 13.0. The fraction of sp³-hybridized carbons (Fsp3) is 0.243. The highest BCUT2D eigenvalue weighted by Gasteiger charge is 2.35. The van der Waals surface area contributed by atoms with Gasteiger partial charge < -0.3 is 19.7 Å². The lowest BCUT2D eigenvalue weighted by Gasteiger charge is -2.43. The number of carbonyl (C=O) groups excluding carboxylic acids is 1. The normalized spacial score (nSPS) is 20.9. The van der Waals surface area contributed by atoms with Crippen LogP contribution in [0.3, 0.4) is 0 Å². The summed E-state index contributed by atoms with van der Waals surface area (Å²) in [5.74, 6) is 1.76. The summed E-state index contributed by atoms with van der Waals surface area (Å²) in [6.45, 7) is 4.58. The Bertz CT molecular complexity index is 1680. The van der Waals surface area contributed by atoms with E-state index in [1.54, 1.807) is 7.11 Å². The molecule has 0 aromatic heterocycles. The van der Waals surface area contributed by atoms with Crippen LogP contribution in [0, 0.1) is 0 Å². The second kappa shape index (κ2) is 12.2. The topological polar surface area (TPSA) is 63.2 Å². The van der Waals surface area contributed by atoms with Crippen molar-refractivity contribution in [3.8, 4) is 11.5 Å². The maximum Gasteiger partial charge on any atom is 0.264 e. The van der Waals surface area contributed by atoms with Gasteiger partial charge in [-0.3, -0.25) is 4.79 Å². The minimum atomic E-state index is -0.156. The highest BCUT2D eigenvalue weighted by Crippen LogP contribution is 2.50. The molecule has 4 aromatic carbocycles. The van der Waals surface area contributed by atoms with Crippen LogP contribution in [0.5, 0.6) is 11.5 Å². The molecule has 1 fully saturated rings. The molecular weight excluding hydrogens is 566 g/mol. The number of thioether (sulfide) groups is 1. The Hall–Kier alpha value is -4.49. The predicted molar refractivity (Wildman–Crippen MR) is 179 cm³/mol. The molecule has 3 aliphatic heterocycles. The molecule has 1 amide bonds. The molecule has 6 nitrogen and oxygen atoms in total. The highest BCUT2D eigenvalue weighted by molar-refractivity contribution is 8.18. The predicted octanol–water partition coefficient (Wildman–Crippen LogP) is 7.86. The zero-order valence-corrected chi connectivity index (χ0v) is 25.8. The Morgan fingerprint density at radius 1 is 0.886 bits per heavy atom. The van der Waals surface area contributed by atoms with E-state index in [0.717, 1.165) is 37.2 Å². The second-order valence-corrected chi connectivity index (χ2v) is 12.3. The van der Waals surface area contributed by atoms with E-state index in [0.29, 0.717) is 40.0 Å². The number of ether oxygens (including phenoxy) is 2. The number of rotatable bonds is 7. The first-order valence-electron chi connectivity index (χ1n) is 15.2. The second-order valence-electron chi connectivity index (χ2n) is 11.3. The molecule has 7 heteroatoms. The molecule has 1 saturated heterocycles. The van der Waals surface area contributed by atoms with Crippen molar-refractivity contribution in [2.75, 3.05) is 31.7 Å². The van der Waals surface area contributed by atoms with E-state index < -0.39 is 0 Å². The van der Waals surface area contributed by atoms with Crippen LogP contribution in [-0.4, -0.2) is 37.9 Å². The number of nitrogens with one attached hydrogen (secondary N) is 1. The smallest absolute Gasteiger partial charge is 0.264 e. The van der Waals surface area contributed by atoms with Crippen molar-refractivity contribution >= 4 is 40.3 Å². The molecule has 1 N–H and O–H groups in total. The summed E-state index contributed by atoms with van der Waals surface area (Å²) in [5, 5.41) is 3.58. The van der Waals surface area contributed by atoms with Crippen molar-refractivity contribution in [3.63, 3.8) is 0 Å². The van der Waals surface area contributed by atoms with E-state index >= 15 is 0 Å². The number of amides is 1. The van der Waals surface area contributed by atoms with Gasteiger partial charge in [0, 0.05) is 30.6 Å². The van der Waals surface area contributed by atoms with Crippen LogP contribution in [0.25, 0.3) is 6.08 Å². The van der Waals surface area contributed by atoms with Gasteiger partial charge in [-0.1, -0.05) is 66.7 Å². The van der Waals surface area contributed by atoms with E-state index in [2.05, 4.69) is 83.0 Å². The van der Waals surface area contributed by atoms with Crippen molar-refractivity contribution in [1.29, 1.82) is 0 Å². The van der Waals surface area contributed by atoms with Gasteiger partial charge in [0.25, 0.3) is 5.91 Å². The number of carbonyl (C=O) groups is 1. The van der Waals surface area contributed by atoms with Crippen LogP contribution >= 0.6 is 11.8 Å². The van der Waals surface area contributed by atoms with Gasteiger partial charge in [-0.05, 0) is 89.7 Å². The molecule has 0 bridgehead atoms. The molecule has 4 aromatic rings. The Labute approximate surface area is 262 Å². The standard InChI is InChI=1S/C37H35N3O3S/c1-3-43-32-15-14-24(20-33(32)42-2)21-34-36(41)39-37(44-34)38-27-22-30-28(25-10-6-4-7-11-25)16-18-40-19-17-29(31(23-27)35(30)40)26-12-8-5-9-13-26/h4-15,20-23,28-29H,3,16-19H2,1-2H3,(H,38,39,41)/b34-21-/t28-,29-/m0/s1. The number of anilines is 1. The number of hydrogen-bond acceptors (Lipinski definition) is 6. The molecule has 3 aliphatic rings. The van der Waals surface area contributed by atoms with Gasteiger partial charge in [0.1, 0.15) is 0 Å². The molecule has 222 valence electrons. The van der Waals surface area contributed by atoms with Crippen molar-refractivity contribution < 1.29 is 14.3 Å². The zero-order valence-electron chi connectivity index (χ0n) is 25.0. The van der Waals surface area contributed by atoms with Gasteiger partial charge in [0.15, 0.2) is 16.7 Å². The molecular formula is C37H35N3O3S. The summed E-state index contributed by atoms with van der Waals surface area (Å²) in [4.78, 5) is 21.2. The minimum Gasteiger partial charge on any atom is -0.493 e. The molecule has 7 rings (SSSR count). The summed E-state index contributed by atoms with van der Waals surface area (Å²) >= 11 is 1.36. The monoisotopic (exact) mass is 601 g/mol. The number of nitrogens with zero attached hydrogens (tertiary/aromatic N) is 2. The fourth-order valence-electron chi connectivity index (χ4n) is 6.70. The number of hydrogen-bond donors (Lipinski definition) is 1. The molecule has 3 heterocycles. The van der Waals surface area contributed by atoms with E-state index in [4.69, 9.17) is 14.5 Å². The van der Waals surface area contributed by atoms with Gasteiger partial charge in [0.2, 0.25) is 0 Å². The van der Waals surface area contributed by atoms with Gasteiger partial charge in [-0.2, -0.15) is 0 Å². The van der Waals surface area contributed by atoms with Gasteiger partial charge in [-0.25, -0.2) is 4.99 Å². The van der Waals surface area contributed by atoms with Crippen molar-refractivity contribution in [3.05, 3.63) is 124 Å². The molecule has 0 spiro atoms. The summed E-state index contributed by atoms with van der Waals surface area (Å²) in [6.07, 6.45) is 4.00. The first kappa shape index (κ1) is 28.3. The number of amidine groups is 1. The molecule has 0 aliphatic carbocycles. The first-order valence-corrected chi connectivity index (χ1v) is 16.1. The minimum absolute atomic E-state index is 0.156.